The van der Waals surface area contributed by atoms with Crippen LogP contribution in [0.4, 0.5) is 5.69 Å². The lowest BCUT2D eigenvalue weighted by Crippen LogP contribution is -2.49. The highest BCUT2D eigenvalue weighted by molar-refractivity contribution is 5.86. The van der Waals surface area contributed by atoms with Crippen molar-refractivity contribution < 1.29 is 9.53 Å². The van der Waals surface area contributed by atoms with E-state index in [1.165, 1.54) is 51.4 Å². The van der Waals surface area contributed by atoms with Crippen molar-refractivity contribution in [3.05, 3.63) is 30.3 Å². The predicted molar refractivity (Wildman–Crippen MR) is 131 cm³/mol. The number of fused-ring (bicyclic) bond motifs is 5. The third-order valence-corrected chi connectivity index (χ3v) is 10.2. The van der Waals surface area contributed by atoms with Crippen LogP contribution in [0, 0.1) is 46.8 Å². The van der Waals surface area contributed by atoms with Gasteiger partial charge in [-0.3, -0.25) is 4.79 Å². The van der Waals surface area contributed by atoms with Crippen LogP contribution in [0.15, 0.2) is 30.3 Å². The number of nitrogens with one attached hydrogen (secondary N) is 1. The molecule has 0 spiro atoms. The molecule has 1 aromatic carbocycles. The number of rotatable bonds is 7. The molecule has 0 aliphatic heterocycles. The summed E-state index contributed by atoms with van der Waals surface area (Å²) in [6.07, 6.45) is 12.1. The van der Waals surface area contributed by atoms with E-state index in [4.69, 9.17) is 4.74 Å². The summed E-state index contributed by atoms with van der Waals surface area (Å²) in [5.74, 6) is 5.96. The summed E-state index contributed by atoms with van der Waals surface area (Å²) in [6.45, 7) is 6.92. The molecule has 0 aromatic heterocycles. The second kappa shape index (κ2) is 9.49. The van der Waals surface area contributed by atoms with Gasteiger partial charge >= 0.3 is 0 Å². The van der Waals surface area contributed by atoms with Crippen molar-refractivity contribution in [2.45, 2.75) is 71.6 Å². The van der Waals surface area contributed by atoms with Gasteiger partial charge in [-0.1, -0.05) is 25.1 Å². The molecule has 3 nitrogen and oxygen atoms in total. The van der Waals surface area contributed by atoms with Gasteiger partial charge in [0.25, 0.3) is 0 Å². The first-order valence-corrected chi connectivity index (χ1v) is 13.5. The number of carbonyl (C=O) groups excluding carboxylic acids is 1. The molecule has 0 heterocycles. The third kappa shape index (κ3) is 4.15. The number of para-hydroxylation sites is 1. The summed E-state index contributed by atoms with van der Waals surface area (Å²) in [7, 11) is 0. The third-order valence-electron chi connectivity index (χ3n) is 10.2. The standard InChI is InChI=1S/C29H43NO2/c1-3-32-19-20-9-11-23-21(17-20)10-12-25-24(23)15-16-29(2)26(25)13-14-27(29)28(31)18-30-22-7-5-4-6-8-22/h4-8,20-21,23-27,30H,3,9-19H2,1-2H3. The summed E-state index contributed by atoms with van der Waals surface area (Å²) < 4.78 is 5.77. The molecule has 1 N–H and O–H groups in total. The van der Waals surface area contributed by atoms with E-state index >= 15 is 0 Å². The molecule has 8 atom stereocenters. The minimum Gasteiger partial charge on any atom is -0.381 e. The molecular formula is C29H43NO2. The number of Topliss-reactive ketones (excluding diaryl/α,β-unsaturated/α-hetero) is 1. The summed E-state index contributed by atoms with van der Waals surface area (Å²) in [5.41, 5.74) is 1.29. The van der Waals surface area contributed by atoms with Crippen molar-refractivity contribution in [3.63, 3.8) is 0 Å². The molecule has 0 radical (unpaired) electrons. The van der Waals surface area contributed by atoms with Crippen molar-refractivity contribution >= 4 is 11.5 Å². The average molecular weight is 438 g/mol. The number of hydrogen-bond donors (Lipinski definition) is 1. The molecule has 4 aliphatic rings. The lowest BCUT2D eigenvalue weighted by atomic mass is 9.49. The van der Waals surface area contributed by atoms with Gasteiger partial charge in [0.15, 0.2) is 5.78 Å². The van der Waals surface area contributed by atoms with E-state index in [1.807, 2.05) is 18.2 Å². The Morgan fingerprint density at radius 1 is 1.00 bits per heavy atom. The summed E-state index contributed by atoms with van der Waals surface area (Å²) >= 11 is 0. The number of benzene rings is 1. The molecule has 8 unspecified atom stereocenters. The maximum atomic E-state index is 13.3. The van der Waals surface area contributed by atoms with Gasteiger partial charge in [-0.05, 0) is 118 Å². The molecule has 0 bridgehead atoms. The van der Waals surface area contributed by atoms with Crippen molar-refractivity contribution in [1.29, 1.82) is 0 Å². The van der Waals surface area contributed by atoms with E-state index in [2.05, 4.69) is 31.3 Å². The highest BCUT2D eigenvalue weighted by Crippen LogP contribution is 2.64. The van der Waals surface area contributed by atoms with Gasteiger partial charge in [0.05, 0.1) is 6.54 Å². The Labute approximate surface area is 195 Å². The smallest absolute Gasteiger partial charge is 0.155 e. The van der Waals surface area contributed by atoms with Crippen LogP contribution in [0.1, 0.15) is 71.6 Å². The monoisotopic (exact) mass is 437 g/mol. The van der Waals surface area contributed by atoms with Gasteiger partial charge in [-0.25, -0.2) is 0 Å². The van der Waals surface area contributed by atoms with Crippen LogP contribution in [0.2, 0.25) is 0 Å². The molecule has 32 heavy (non-hydrogen) atoms. The molecule has 1 aromatic rings. The molecule has 0 saturated heterocycles. The zero-order valence-electron chi connectivity index (χ0n) is 20.2. The first kappa shape index (κ1) is 22.4. The Morgan fingerprint density at radius 2 is 1.81 bits per heavy atom. The number of carbonyl (C=O) groups is 1. The van der Waals surface area contributed by atoms with Crippen molar-refractivity contribution in [1.82, 2.24) is 0 Å². The zero-order valence-corrected chi connectivity index (χ0v) is 20.2. The van der Waals surface area contributed by atoms with E-state index in [1.54, 1.807) is 0 Å². The minimum absolute atomic E-state index is 0.232. The van der Waals surface area contributed by atoms with Crippen molar-refractivity contribution in [2.75, 3.05) is 25.1 Å². The average Bonchev–Trinajstić information content (AvgIpc) is 3.19. The normalized spacial score (nSPS) is 40.8. The summed E-state index contributed by atoms with van der Waals surface area (Å²) in [5, 5.41) is 3.39. The number of anilines is 1. The Bertz CT molecular complexity index is 779. The van der Waals surface area contributed by atoms with Gasteiger partial charge in [0.2, 0.25) is 0 Å². The first-order chi connectivity index (χ1) is 15.6. The lowest BCUT2D eigenvalue weighted by Gasteiger charge is -2.56. The molecule has 5 rings (SSSR count). The van der Waals surface area contributed by atoms with Gasteiger partial charge in [-0.2, -0.15) is 0 Å². The fraction of sp³-hybridized carbons (Fsp3) is 0.759. The number of ether oxygens (including phenoxy) is 1. The van der Waals surface area contributed by atoms with Crippen LogP contribution in [-0.4, -0.2) is 25.5 Å². The molecule has 3 heteroatoms. The molecule has 4 fully saturated rings. The van der Waals surface area contributed by atoms with Gasteiger partial charge < -0.3 is 10.1 Å². The number of ketones is 1. The molecule has 4 aliphatic carbocycles. The Kier molecular flexibility index (Phi) is 6.65. The molecular weight excluding hydrogens is 394 g/mol. The Morgan fingerprint density at radius 3 is 2.62 bits per heavy atom. The van der Waals surface area contributed by atoms with Crippen molar-refractivity contribution in [2.24, 2.45) is 46.8 Å². The van der Waals surface area contributed by atoms with Crippen LogP contribution >= 0.6 is 0 Å². The maximum absolute atomic E-state index is 13.3. The zero-order chi connectivity index (χ0) is 22.1. The van der Waals surface area contributed by atoms with E-state index in [-0.39, 0.29) is 11.3 Å². The van der Waals surface area contributed by atoms with Crippen LogP contribution in [0.5, 0.6) is 0 Å². The van der Waals surface area contributed by atoms with E-state index in [9.17, 15) is 4.79 Å². The lowest BCUT2D eigenvalue weighted by molar-refractivity contribution is -0.128. The van der Waals surface area contributed by atoms with Crippen LogP contribution in [-0.2, 0) is 9.53 Å². The summed E-state index contributed by atoms with van der Waals surface area (Å²) in [4.78, 5) is 13.3. The van der Waals surface area contributed by atoms with Gasteiger partial charge in [0.1, 0.15) is 0 Å². The minimum atomic E-state index is 0.232. The Hall–Kier alpha value is -1.35. The number of hydrogen-bond acceptors (Lipinski definition) is 3. The highest BCUT2D eigenvalue weighted by atomic mass is 16.5. The van der Waals surface area contributed by atoms with E-state index in [0.29, 0.717) is 12.3 Å². The molecule has 176 valence electrons. The van der Waals surface area contributed by atoms with Gasteiger partial charge in [0, 0.05) is 24.8 Å². The van der Waals surface area contributed by atoms with Gasteiger partial charge in [-0.15, -0.1) is 0 Å². The van der Waals surface area contributed by atoms with Crippen LogP contribution in [0.3, 0.4) is 0 Å². The first-order valence-electron chi connectivity index (χ1n) is 13.5. The second-order valence-corrected chi connectivity index (χ2v) is 11.6. The quantitative estimate of drug-likeness (QED) is 0.523. The predicted octanol–water partition coefficient (Wildman–Crippen LogP) is 6.59. The SMILES string of the molecule is CCOCC1CCC2C(CCC3C2CCC2(C)C(C(=O)CNc4ccccc4)CCC32)C1. The molecule has 0 amide bonds. The van der Waals surface area contributed by atoms with E-state index < -0.39 is 0 Å². The Balaban J connectivity index is 1.22. The van der Waals surface area contributed by atoms with Crippen LogP contribution in [0.25, 0.3) is 0 Å². The summed E-state index contributed by atoms with van der Waals surface area (Å²) in [6, 6.07) is 10.2. The van der Waals surface area contributed by atoms with E-state index in [0.717, 1.165) is 60.8 Å². The van der Waals surface area contributed by atoms with Crippen molar-refractivity contribution in [3.8, 4) is 0 Å². The topological polar surface area (TPSA) is 38.3 Å². The highest BCUT2D eigenvalue weighted by Gasteiger charge is 2.58. The molecule has 4 saturated carbocycles. The largest absolute Gasteiger partial charge is 0.381 e. The van der Waals surface area contributed by atoms with Crippen LogP contribution < -0.4 is 5.32 Å². The second-order valence-electron chi connectivity index (χ2n) is 11.6. The maximum Gasteiger partial charge on any atom is 0.155 e. The fourth-order valence-electron chi connectivity index (χ4n) is 8.78. The fourth-order valence-corrected chi connectivity index (χ4v) is 8.78.